The zero-order valence-electron chi connectivity index (χ0n) is 15.6. The van der Waals surface area contributed by atoms with Crippen LogP contribution in [0, 0.1) is 0 Å². The minimum absolute atomic E-state index is 0.0910. The summed E-state index contributed by atoms with van der Waals surface area (Å²) in [5, 5.41) is 4.10. The Morgan fingerprint density at radius 2 is 1.72 bits per heavy atom. The highest BCUT2D eigenvalue weighted by atomic mass is 35.5. The Hall–Kier alpha value is -2.02. The van der Waals surface area contributed by atoms with Crippen LogP contribution >= 0.6 is 35.0 Å². The number of halogens is 2. The van der Waals surface area contributed by atoms with Gasteiger partial charge in [0, 0.05) is 41.1 Å². The normalized spacial score (nSPS) is 13.0. The van der Waals surface area contributed by atoms with Gasteiger partial charge in [-0.3, -0.25) is 19.3 Å². The molecule has 0 radical (unpaired) electrons. The van der Waals surface area contributed by atoms with E-state index in [1.54, 1.807) is 48.2 Å². The predicted octanol–water partition coefficient (Wildman–Crippen LogP) is 4.42. The summed E-state index contributed by atoms with van der Waals surface area (Å²) in [5.41, 5.74) is 1.87. The second-order valence-electron chi connectivity index (χ2n) is 6.55. The van der Waals surface area contributed by atoms with Crippen LogP contribution in [-0.2, 0) is 10.5 Å². The standard InChI is InChI=1S/C21H20Cl2N2O3S/c22-15-8-7-14(18(23)12-15)13-29-11-9-24-19(26)6-3-10-25-20(27)16-4-1-2-5-17(16)21(25)28/h1-2,4-5,7-8,12H,3,6,9-11,13H2,(H,24,26). The Balaban J connectivity index is 1.32. The average Bonchev–Trinajstić information content (AvgIpc) is 2.94. The van der Waals surface area contributed by atoms with Gasteiger partial charge in [0.1, 0.15) is 0 Å². The molecule has 0 saturated carbocycles. The summed E-state index contributed by atoms with van der Waals surface area (Å²) < 4.78 is 0. The van der Waals surface area contributed by atoms with Crippen molar-refractivity contribution in [1.82, 2.24) is 10.2 Å². The first-order valence-electron chi connectivity index (χ1n) is 9.21. The molecular weight excluding hydrogens is 431 g/mol. The lowest BCUT2D eigenvalue weighted by molar-refractivity contribution is -0.121. The van der Waals surface area contributed by atoms with E-state index in [1.165, 1.54) is 4.90 Å². The number of rotatable bonds is 9. The summed E-state index contributed by atoms with van der Waals surface area (Å²) in [6.07, 6.45) is 0.700. The first kappa shape index (κ1) is 21.7. The summed E-state index contributed by atoms with van der Waals surface area (Å²) >= 11 is 13.7. The topological polar surface area (TPSA) is 66.5 Å². The summed E-state index contributed by atoms with van der Waals surface area (Å²) in [7, 11) is 0. The van der Waals surface area contributed by atoms with Crippen molar-refractivity contribution in [2.24, 2.45) is 0 Å². The lowest BCUT2D eigenvalue weighted by Gasteiger charge is -2.13. The van der Waals surface area contributed by atoms with E-state index in [-0.39, 0.29) is 30.7 Å². The number of imide groups is 1. The second kappa shape index (κ2) is 10.1. The fourth-order valence-corrected chi connectivity index (χ4v) is 4.43. The molecule has 0 fully saturated rings. The number of amides is 3. The van der Waals surface area contributed by atoms with E-state index in [9.17, 15) is 14.4 Å². The van der Waals surface area contributed by atoms with Crippen molar-refractivity contribution in [1.29, 1.82) is 0 Å². The third-order valence-corrected chi connectivity index (χ3v) is 6.10. The zero-order chi connectivity index (χ0) is 20.8. The van der Waals surface area contributed by atoms with Crippen molar-refractivity contribution in [3.63, 3.8) is 0 Å². The fraction of sp³-hybridized carbons (Fsp3) is 0.286. The Kier molecular flexibility index (Phi) is 7.58. The smallest absolute Gasteiger partial charge is 0.261 e. The summed E-state index contributed by atoms with van der Waals surface area (Å²) in [4.78, 5) is 37.7. The molecule has 5 nitrogen and oxygen atoms in total. The third-order valence-electron chi connectivity index (χ3n) is 4.50. The zero-order valence-corrected chi connectivity index (χ0v) is 17.9. The molecule has 0 aromatic heterocycles. The molecule has 0 aliphatic carbocycles. The second-order valence-corrected chi connectivity index (χ2v) is 8.50. The summed E-state index contributed by atoms with van der Waals surface area (Å²) in [5.74, 6) is 0.826. The molecular formula is C21H20Cl2N2O3S. The molecule has 0 bridgehead atoms. The number of fused-ring (bicyclic) bond motifs is 1. The number of nitrogens with one attached hydrogen (secondary N) is 1. The lowest BCUT2D eigenvalue weighted by atomic mass is 10.1. The maximum absolute atomic E-state index is 12.3. The number of carbonyl (C=O) groups is 3. The van der Waals surface area contributed by atoms with E-state index in [0.717, 1.165) is 17.1 Å². The predicted molar refractivity (Wildman–Crippen MR) is 117 cm³/mol. The van der Waals surface area contributed by atoms with Crippen LogP contribution in [0.15, 0.2) is 42.5 Å². The van der Waals surface area contributed by atoms with Crippen LogP contribution in [0.3, 0.4) is 0 Å². The highest BCUT2D eigenvalue weighted by molar-refractivity contribution is 7.98. The highest BCUT2D eigenvalue weighted by Crippen LogP contribution is 2.25. The van der Waals surface area contributed by atoms with E-state index in [0.29, 0.717) is 34.1 Å². The van der Waals surface area contributed by atoms with Gasteiger partial charge in [-0.2, -0.15) is 11.8 Å². The minimum atomic E-state index is -0.289. The number of hydrogen-bond acceptors (Lipinski definition) is 4. The van der Waals surface area contributed by atoms with Crippen LogP contribution in [0.4, 0.5) is 0 Å². The Labute approximate surface area is 183 Å². The summed E-state index contributed by atoms with van der Waals surface area (Å²) in [6.45, 7) is 0.783. The van der Waals surface area contributed by atoms with Gasteiger partial charge in [-0.25, -0.2) is 0 Å². The van der Waals surface area contributed by atoms with Crippen LogP contribution in [0.1, 0.15) is 39.1 Å². The molecule has 0 atom stereocenters. The van der Waals surface area contributed by atoms with E-state index in [4.69, 9.17) is 23.2 Å². The van der Waals surface area contributed by atoms with Crippen LogP contribution < -0.4 is 5.32 Å². The molecule has 1 aliphatic rings. The van der Waals surface area contributed by atoms with Crippen LogP contribution in [0.2, 0.25) is 10.0 Å². The minimum Gasteiger partial charge on any atom is -0.355 e. The third kappa shape index (κ3) is 5.53. The fourth-order valence-electron chi connectivity index (χ4n) is 3.01. The van der Waals surface area contributed by atoms with Crippen molar-refractivity contribution < 1.29 is 14.4 Å². The molecule has 2 aromatic carbocycles. The Morgan fingerprint density at radius 3 is 2.38 bits per heavy atom. The van der Waals surface area contributed by atoms with Gasteiger partial charge < -0.3 is 5.32 Å². The number of thioether (sulfide) groups is 1. The molecule has 3 amide bonds. The molecule has 0 spiro atoms. The van der Waals surface area contributed by atoms with Crippen molar-refractivity contribution in [2.45, 2.75) is 18.6 Å². The van der Waals surface area contributed by atoms with Gasteiger partial charge in [0.25, 0.3) is 11.8 Å². The maximum atomic E-state index is 12.3. The van der Waals surface area contributed by atoms with Gasteiger partial charge in [-0.15, -0.1) is 0 Å². The van der Waals surface area contributed by atoms with E-state index < -0.39 is 0 Å². The molecule has 0 saturated heterocycles. The van der Waals surface area contributed by atoms with Crippen molar-refractivity contribution in [3.05, 3.63) is 69.2 Å². The Bertz CT molecular complexity index is 901. The van der Waals surface area contributed by atoms with Crippen molar-refractivity contribution in [2.75, 3.05) is 18.8 Å². The maximum Gasteiger partial charge on any atom is 0.261 e. The van der Waals surface area contributed by atoms with E-state index >= 15 is 0 Å². The molecule has 152 valence electrons. The average molecular weight is 451 g/mol. The molecule has 1 heterocycles. The molecule has 3 rings (SSSR count). The van der Waals surface area contributed by atoms with Crippen LogP contribution in [0.5, 0.6) is 0 Å². The first-order valence-corrected chi connectivity index (χ1v) is 11.1. The molecule has 29 heavy (non-hydrogen) atoms. The molecule has 0 unspecified atom stereocenters. The monoisotopic (exact) mass is 450 g/mol. The Morgan fingerprint density at radius 1 is 1.03 bits per heavy atom. The van der Waals surface area contributed by atoms with E-state index in [1.807, 2.05) is 6.07 Å². The van der Waals surface area contributed by atoms with Gasteiger partial charge in [-0.1, -0.05) is 41.4 Å². The molecule has 1 N–H and O–H groups in total. The van der Waals surface area contributed by atoms with Gasteiger partial charge >= 0.3 is 0 Å². The van der Waals surface area contributed by atoms with Gasteiger partial charge in [0.2, 0.25) is 5.91 Å². The van der Waals surface area contributed by atoms with Crippen molar-refractivity contribution in [3.8, 4) is 0 Å². The van der Waals surface area contributed by atoms with Crippen molar-refractivity contribution >= 4 is 52.7 Å². The lowest BCUT2D eigenvalue weighted by Crippen LogP contribution is -2.32. The first-order chi connectivity index (χ1) is 14.0. The number of hydrogen-bond donors (Lipinski definition) is 1. The van der Waals surface area contributed by atoms with E-state index in [2.05, 4.69) is 5.32 Å². The van der Waals surface area contributed by atoms with Gasteiger partial charge in [-0.05, 0) is 36.2 Å². The van der Waals surface area contributed by atoms with Crippen LogP contribution in [-0.4, -0.2) is 41.5 Å². The quantitative estimate of drug-likeness (QED) is 0.453. The molecule has 2 aromatic rings. The highest BCUT2D eigenvalue weighted by Gasteiger charge is 2.34. The molecule has 8 heteroatoms. The van der Waals surface area contributed by atoms with Crippen LogP contribution in [0.25, 0.3) is 0 Å². The number of benzene rings is 2. The summed E-state index contributed by atoms with van der Waals surface area (Å²) in [6, 6.07) is 12.2. The van der Waals surface area contributed by atoms with Gasteiger partial charge in [0.05, 0.1) is 11.1 Å². The van der Waals surface area contributed by atoms with Gasteiger partial charge in [0.15, 0.2) is 0 Å². The SMILES string of the molecule is O=C(CCCN1C(=O)c2ccccc2C1=O)NCCSCc1ccc(Cl)cc1Cl. The number of nitrogens with zero attached hydrogens (tertiary/aromatic N) is 1. The molecule has 1 aliphatic heterocycles. The number of carbonyl (C=O) groups excluding carboxylic acids is 3. The largest absolute Gasteiger partial charge is 0.355 e.